The molecule has 5 fully saturated rings. The molecule has 352 valence electrons. The number of ether oxygens (including phenoxy) is 1. The van der Waals surface area contributed by atoms with Crippen molar-refractivity contribution in [3.63, 3.8) is 0 Å². The summed E-state index contributed by atoms with van der Waals surface area (Å²) in [6, 6.07) is 19.5. The van der Waals surface area contributed by atoms with Gasteiger partial charge in [0.05, 0.1) is 21.9 Å². The highest BCUT2D eigenvalue weighted by Gasteiger charge is 2.64. The number of amides is 4. The fourth-order valence-electron chi connectivity index (χ4n) is 11.3. The third kappa shape index (κ3) is 9.38. The Morgan fingerprint density at radius 2 is 1.60 bits per heavy atom. The Kier molecular flexibility index (Phi) is 12.9. The molecule has 4 aliphatic heterocycles. The normalized spacial score (nSPS) is 23.5. The number of nitriles is 1. The molecule has 1 saturated carbocycles. The van der Waals surface area contributed by atoms with Gasteiger partial charge in [0.15, 0.2) is 0 Å². The van der Waals surface area contributed by atoms with Crippen LogP contribution in [0.2, 0.25) is 5.02 Å². The standard InChI is InChI=1S/C50H59ClN10O6/c1-49(2)47(50(3,4)48(49)67-37-11-9-34(27-52)39(51)26-37)54-43(63)33-7-5-31(6-8-33)15-18-57-21-23-58(24-22-57)28-32-16-19-59(20-17-32)45(65)35-29-60(30-35)36-10-12-40-38(25-36)46(66)61(56-55-40)41-13-14-42(62)53-44(41)64/h5-12,25-26,32,35,41,47-48H,13-24,28-30H2,1-4H3,(H,54,63)(H,53,62,64)/t41?,47-,48-. The molecule has 1 atom stereocenters. The van der Waals surface area contributed by atoms with Gasteiger partial charge in [-0.1, -0.05) is 56.6 Å². The number of halogens is 1. The van der Waals surface area contributed by atoms with Gasteiger partial charge in [-0.15, -0.1) is 5.10 Å². The lowest BCUT2D eigenvalue weighted by atomic mass is 9.49. The van der Waals surface area contributed by atoms with Crippen molar-refractivity contribution in [3.05, 3.63) is 92.7 Å². The number of nitrogens with zero attached hydrogens (tertiary/aromatic N) is 8. The number of hydrogen-bond donors (Lipinski definition) is 2. The van der Waals surface area contributed by atoms with Crippen molar-refractivity contribution in [2.75, 3.05) is 70.3 Å². The predicted octanol–water partition coefficient (Wildman–Crippen LogP) is 4.44. The number of piperidine rings is 2. The van der Waals surface area contributed by atoms with Crippen LogP contribution in [-0.2, 0) is 20.8 Å². The number of anilines is 1. The minimum absolute atomic E-state index is 0.0927. The number of carbonyl (C=O) groups is 4. The van der Waals surface area contributed by atoms with E-state index < -0.39 is 17.5 Å². The Hall–Kier alpha value is -5.89. The molecule has 0 bridgehead atoms. The van der Waals surface area contributed by atoms with E-state index in [-0.39, 0.29) is 59.5 Å². The van der Waals surface area contributed by atoms with E-state index in [2.05, 4.69) is 81.5 Å². The molecule has 3 aromatic carbocycles. The lowest BCUT2D eigenvalue weighted by Gasteiger charge is -2.63. The maximum absolute atomic E-state index is 13.5. The molecule has 0 spiro atoms. The molecule has 9 rings (SSSR count). The molecule has 5 heterocycles. The topological polar surface area (TPSA) is 186 Å². The van der Waals surface area contributed by atoms with E-state index >= 15 is 0 Å². The van der Waals surface area contributed by atoms with Crippen molar-refractivity contribution in [2.24, 2.45) is 22.7 Å². The average Bonchev–Trinajstić information content (AvgIpc) is 3.30. The van der Waals surface area contributed by atoms with Gasteiger partial charge in [-0.05, 0) is 79.6 Å². The summed E-state index contributed by atoms with van der Waals surface area (Å²) in [6.45, 7) is 17.2. The highest BCUT2D eigenvalue weighted by atomic mass is 35.5. The van der Waals surface area contributed by atoms with Crippen LogP contribution in [0.25, 0.3) is 10.9 Å². The first-order chi connectivity index (χ1) is 32.1. The van der Waals surface area contributed by atoms with E-state index in [4.69, 9.17) is 16.3 Å². The Balaban J connectivity index is 0.672. The summed E-state index contributed by atoms with van der Waals surface area (Å²) in [5, 5.41) is 23.6. The highest BCUT2D eigenvalue weighted by Crippen LogP contribution is 2.55. The molecule has 4 amide bonds. The number of carbonyl (C=O) groups excluding carboxylic acids is 4. The molecule has 1 aliphatic carbocycles. The van der Waals surface area contributed by atoms with Crippen LogP contribution in [0.4, 0.5) is 5.69 Å². The van der Waals surface area contributed by atoms with Gasteiger partial charge in [-0.2, -0.15) is 9.94 Å². The largest absolute Gasteiger partial charge is 0.489 e. The first-order valence-electron chi connectivity index (χ1n) is 23.6. The second-order valence-corrected chi connectivity index (χ2v) is 20.7. The van der Waals surface area contributed by atoms with Crippen LogP contribution in [-0.4, -0.2) is 131 Å². The monoisotopic (exact) mass is 930 g/mol. The molecule has 5 aliphatic rings. The molecule has 16 nitrogen and oxygen atoms in total. The number of likely N-dealkylation sites (tertiary alicyclic amines) is 1. The second kappa shape index (κ2) is 18.7. The third-order valence-electron chi connectivity index (χ3n) is 15.0. The molecule has 4 aromatic rings. The van der Waals surface area contributed by atoms with Crippen LogP contribution in [0.5, 0.6) is 5.75 Å². The van der Waals surface area contributed by atoms with E-state index in [9.17, 15) is 29.2 Å². The Bertz CT molecular complexity index is 2640. The number of benzene rings is 3. The summed E-state index contributed by atoms with van der Waals surface area (Å²) < 4.78 is 7.45. The van der Waals surface area contributed by atoms with Crippen LogP contribution in [0.3, 0.4) is 0 Å². The van der Waals surface area contributed by atoms with Gasteiger partial charge in [0.2, 0.25) is 11.8 Å². The fraction of sp³-hybridized carbons (Fsp3) is 0.520. The van der Waals surface area contributed by atoms with Crippen LogP contribution in [0, 0.1) is 34.0 Å². The van der Waals surface area contributed by atoms with Crippen LogP contribution in [0.15, 0.2) is 65.5 Å². The molecule has 0 radical (unpaired) electrons. The number of aromatic nitrogens is 3. The van der Waals surface area contributed by atoms with E-state index in [1.165, 1.54) is 5.56 Å². The van der Waals surface area contributed by atoms with Gasteiger partial charge >= 0.3 is 0 Å². The fourth-order valence-corrected chi connectivity index (χ4v) is 11.5. The summed E-state index contributed by atoms with van der Waals surface area (Å²) in [4.78, 5) is 73.6. The van der Waals surface area contributed by atoms with Crippen molar-refractivity contribution in [1.82, 2.24) is 40.3 Å². The Labute approximate surface area is 395 Å². The van der Waals surface area contributed by atoms with E-state index in [0.29, 0.717) is 51.8 Å². The van der Waals surface area contributed by atoms with Gasteiger partial charge in [-0.25, -0.2) is 0 Å². The zero-order chi connectivity index (χ0) is 47.2. The Morgan fingerprint density at radius 1 is 0.896 bits per heavy atom. The predicted molar refractivity (Wildman–Crippen MR) is 253 cm³/mol. The summed E-state index contributed by atoms with van der Waals surface area (Å²) in [6.07, 6.45) is 3.07. The van der Waals surface area contributed by atoms with Gasteiger partial charge in [-0.3, -0.25) is 29.3 Å². The van der Waals surface area contributed by atoms with Crippen LogP contribution in [0.1, 0.15) is 80.9 Å². The Morgan fingerprint density at radius 3 is 2.27 bits per heavy atom. The number of nitrogens with one attached hydrogen (secondary N) is 2. The molecule has 1 unspecified atom stereocenters. The zero-order valence-electron chi connectivity index (χ0n) is 38.7. The van der Waals surface area contributed by atoms with Gasteiger partial charge in [0.25, 0.3) is 17.4 Å². The minimum atomic E-state index is -0.884. The maximum Gasteiger partial charge on any atom is 0.278 e. The number of piperazine rings is 1. The first-order valence-corrected chi connectivity index (χ1v) is 23.9. The summed E-state index contributed by atoms with van der Waals surface area (Å²) >= 11 is 6.26. The number of imide groups is 1. The van der Waals surface area contributed by atoms with Crippen molar-refractivity contribution >= 4 is 51.8 Å². The summed E-state index contributed by atoms with van der Waals surface area (Å²) in [5.41, 5.74) is 2.37. The molecule has 17 heteroatoms. The molecule has 4 saturated heterocycles. The summed E-state index contributed by atoms with van der Waals surface area (Å²) in [7, 11) is 0. The van der Waals surface area contributed by atoms with Crippen molar-refractivity contribution in [2.45, 2.75) is 78.0 Å². The number of hydrogen-bond acceptors (Lipinski definition) is 12. The summed E-state index contributed by atoms with van der Waals surface area (Å²) in [5.74, 6) is 0.259. The van der Waals surface area contributed by atoms with Gasteiger partial charge in [0.1, 0.15) is 29.5 Å². The average molecular weight is 932 g/mol. The van der Waals surface area contributed by atoms with E-state index in [0.717, 1.165) is 82.0 Å². The molecule has 1 aromatic heterocycles. The minimum Gasteiger partial charge on any atom is -0.489 e. The molecule has 2 N–H and O–H groups in total. The first kappa shape index (κ1) is 46.2. The molecule has 67 heavy (non-hydrogen) atoms. The zero-order valence-corrected chi connectivity index (χ0v) is 39.4. The number of rotatable bonds is 12. The number of fused-ring (bicyclic) bond motifs is 1. The lowest BCUT2D eigenvalue weighted by molar-refractivity contribution is -0.164. The quantitative estimate of drug-likeness (QED) is 0.191. The van der Waals surface area contributed by atoms with E-state index in [1.54, 1.807) is 30.3 Å². The molecular weight excluding hydrogens is 872 g/mol. The van der Waals surface area contributed by atoms with Gasteiger partial charge in [0, 0.05) is 106 Å². The van der Waals surface area contributed by atoms with Crippen molar-refractivity contribution < 1.29 is 23.9 Å². The van der Waals surface area contributed by atoms with Crippen molar-refractivity contribution in [3.8, 4) is 11.8 Å². The highest BCUT2D eigenvalue weighted by molar-refractivity contribution is 6.31. The van der Waals surface area contributed by atoms with Crippen molar-refractivity contribution in [1.29, 1.82) is 5.26 Å². The van der Waals surface area contributed by atoms with E-state index in [1.807, 2.05) is 23.1 Å². The second-order valence-electron chi connectivity index (χ2n) is 20.3. The maximum atomic E-state index is 13.5. The molecular formula is C50H59ClN10O6. The van der Waals surface area contributed by atoms with Crippen LogP contribution >= 0.6 is 11.6 Å². The lowest BCUT2D eigenvalue weighted by Crippen LogP contribution is -2.74. The third-order valence-corrected chi connectivity index (χ3v) is 15.4. The SMILES string of the molecule is CC1(C)[C@H](NC(=O)c2ccc(CCN3CCN(CC4CCN(C(=O)C5CN(c6ccc7nnn(C8CCC(=O)NC8=O)c(=O)c7c6)C5)CC4)CC3)cc2)C(C)(C)[C@H]1Oc1ccc(C#N)c(Cl)c1. The smallest absolute Gasteiger partial charge is 0.278 e. The van der Waals surface area contributed by atoms with Gasteiger partial charge < -0.3 is 29.7 Å². The van der Waals surface area contributed by atoms with Crippen LogP contribution < -0.4 is 25.8 Å².